The van der Waals surface area contributed by atoms with Gasteiger partial charge in [0.1, 0.15) is 0 Å². The Morgan fingerprint density at radius 2 is 1.58 bits per heavy atom. The Balaban J connectivity index is 1.84. The highest BCUT2D eigenvalue weighted by molar-refractivity contribution is 5.96. The molecule has 2 rings (SSSR count). The molecule has 0 aliphatic heterocycles. The Morgan fingerprint density at radius 1 is 1.00 bits per heavy atom. The van der Waals surface area contributed by atoms with Gasteiger partial charge < -0.3 is 20.0 Å². The molecule has 8 nitrogen and oxygen atoms in total. The molecule has 0 radical (unpaired) electrons. The molecule has 136 valence electrons. The number of ether oxygens (including phenoxy) is 2. The Hall–Kier alpha value is -3.42. The van der Waals surface area contributed by atoms with E-state index < -0.39 is 24.5 Å². The second-order valence-corrected chi connectivity index (χ2v) is 5.60. The number of benzene rings is 1. The summed E-state index contributed by atoms with van der Waals surface area (Å²) in [5.41, 5.74) is 0.972. The molecule has 1 N–H and O–H groups in total. The van der Waals surface area contributed by atoms with Gasteiger partial charge in [-0.3, -0.25) is 4.79 Å². The normalized spacial score (nSPS) is 10.3. The molecular formula is C18H18N2O6. The summed E-state index contributed by atoms with van der Waals surface area (Å²) in [5, 5.41) is 13.4. The number of anilines is 1. The number of aromatic nitrogens is 1. The number of carbonyl (C=O) groups excluding carboxylic acids is 3. The highest BCUT2D eigenvalue weighted by atomic mass is 16.5. The summed E-state index contributed by atoms with van der Waals surface area (Å²) in [5.74, 6) is -1.70. The topological polar surface area (TPSA) is 109 Å². The van der Waals surface area contributed by atoms with Crippen LogP contribution >= 0.6 is 0 Å². The third kappa shape index (κ3) is 5.59. The molecule has 0 bridgehead atoms. The van der Waals surface area contributed by atoms with Gasteiger partial charge in [0.15, 0.2) is 19.0 Å². The van der Waals surface area contributed by atoms with Gasteiger partial charge in [0.25, 0.3) is 5.91 Å². The van der Waals surface area contributed by atoms with Crippen molar-refractivity contribution >= 4 is 23.5 Å². The smallest absolute Gasteiger partial charge is 0.339 e. The molecule has 1 aromatic heterocycles. The molecule has 1 aromatic carbocycles. The number of hydrogen-bond donors (Lipinski definition) is 1. The summed E-state index contributed by atoms with van der Waals surface area (Å²) in [7, 11) is 0. The van der Waals surface area contributed by atoms with E-state index in [0.717, 1.165) is 12.4 Å². The Bertz CT molecular complexity index is 784. The van der Waals surface area contributed by atoms with Crippen molar-refractivity contribution in [3.63, 3.8) is 0 Å². The van der Waals surface area contributed by atoms with Gasteiger partial charge >= 0.3 is 11.9 Å². The van der Waals surface area contributed by atoms with Crippen LogP contribution in [0, 0.1) is 5.21 Å². The average Bonchev–Trinajstić information content (AvgIpc) is 2.60. The second-order valence-electron chi connectivity index (χ2n) is 5.60. The Morgan fingerprint density at radius 3 is 2.15 bits per heavy atom. The third-order valence-electron chi connectivity index (χ3n) is 3.12. The number of esters is 2. The van der Waals surface area contributed by atoms with Crippen molar-refractivity contribution in [2.45, 2.75) is 20.0 Å². The maximum absolute atomic E-state index is 11.8. The molecule has 0 aliphatic rings. The van der Waals surface area contributed by atoms with Crippen LogP contribution < -0.4 is 10.0 Å². The van der Waals surface area contributed by atoms with Crippen LogP contribution in [-0.4, -0.2) is 30.6 Å². The zero-order valence-corrected chi connectivity index (χ0v) is 14.3. The number of hydrogen-bond acceptors (Lipinski definition) is 6. The maximum Gasteiger partial charge on any atom is 0.339 e. The van der Waals surface area contributed by atoms with E-state index in [0.29, 0.717) is 16.0 Å². The summed E-state index contributed by atoms with van der Waals surface area (Å²) in [4.78, 5) is 35.3. The first kappa shape index (κ1) is 18.9. The van der Waals surface area contributed by atoms with Crippen molar-refractivity contribution in [2.24, 2.45) is 0 Å². The van der Waals surface area contributed by atoms with Crippen LogP contribution in [0.15, 0.2) is 48.8 Å². The molecule has 1 amide bonds. The summed E-state index contributed by atoms with van der Waals surface area (Å²) >= 11 is 0. The van der Waals surface area contributed by atoms with E-state index in [4.69, 9.17) is 9.47 Å². The van der Waals surface area contributed by atoms with E-state index in [-0.39, 0.29) is 11.7 Å². The van der Waals surface area contributed by atoms with Crippen molar-refractivity contribution in [2.75, 3.05) is 11.9 Å². The molecule has 0 saturated heterocycles. The lowest BCUT2D eigenvalue weighted by Gasteiger charge is -2.09. The van der Waals surface area contributed by atoms with Gasteiger partial charge in [-0.2, -0.15) is 4.73 Å². The van der Waals surface area contributed by atoms with Gasteiger partial charge in [-0.15, -0.1) is 0 Å². The molecule has 0 atom stereocenters. The number of pyridine rings is 1. The number of carbonyl (C=O) groups is 3. The third-order valence-corrected chi connectivity index (χ3v) is 3.12. The van der Waals surface area contributed by atoms with Crippen LogP contribution in [0.5, 0.6) is 0 Å². The first-order valence-electron chi connectivity index (χ1n) is 7.82. The van der Waals surface area contributed by atoms with Gasteiger partial charge in [-0.05, 0) is 38.1 Å². The lowest BCUT2D eigenvalue weighted by molar-refractivity contribution is -0.605. The van der Waals surface area contributed by atoms with E-state index in [1.165, 1.54) is 24.3 Å². The van der Waals surface area contributed by atoms with E-state index in [2.05, 4.69) is 5.32 Å². The molecular weight excluding hydrogens is 340 g/mol. The van der Waals surface area contributed by atoms with Gasteiger partial charge in [-0.1, -0.05) is 0 Å². The highest BCUT2D eigenvalue weighted by Gasteiger charge is 2.12. The van der Waals surface area contributed by atoms with Gasteiger partial charge in [0, 0.05) is 17.8 Å². The molecule has 26 heavy (non-hydrogen) atoms. The first-order chi connectivity index (χ1) is 12.3. The monoisotopic (exact) mass is 358 g/mol. The van der Waals surface area contributed by atoms with Crippen molar-refractivity contribution in [3.05, 3.63) is 65.1 Å². The van der Waals surface area contributed by atoms with E-state index in [9.17, 15) is 19.6 Å². The number of rotatable bonds is 6. The number of amides is 1. The molecule has 8 heteroatoms. The van der Waals surface area contributed by atoms with Crippen molar-refractivity contribution < 1.29 is 28.6 Å². The first-order valence-corrected chi connectivity index (χ1v) is 7.82. The van der Waals surface area contributed by atoms with E-state index in [1.54, 1.807) is 26.0 Å². The minimum atomic E-state index is -0.715. The van der Waals surface area contributed by atoms with Crippen LogP contribution in [0.25, 0.3) is 0 Å². The molecule has 2 aromatic rings. The van der Waals surface area contributed by atoms with Crippen LogP contribution in [0.1, 0.15) is 34.6 Å². The Labute approximate surface area is 149 Å². The van der Waals surface area contributed by atoms with Crippen molar-refractivity contribution in [1.82, 2.24) is 0 Å². The second kappa shape index (κ2) is 8.61. The standard InChI is InChI=1S/C18H18N2O6/c1-12(2)26-18(23)13-3-5-15(6-4-13)19-16(21)11-25-17(22)14-7-9-20(24)10-8-14/h3-10,12H,11H2,1-2H3,(H,19,21). The fourth-order valence-electron chi connectivity index (χ4n) is 1.93. The molecule has 1 heterocycles. The van der Waals surface area contributed by atoms with Crippen LogP contribution in [0.3, 0.4) is 0 Å². The predicted octanol–water partition coefficient (Wildman–Crippen LogP) is 1.68. The fraction of sp³-hybridized carbons (Fsp3) is 0.222. The minimum Gasteiger partial charge on any atom is -0.619 e. The van der Waals surface area contributed by atoms with E-state index >= 15 is 0 Å². The quantitative estimate of drug-likeness (QED) is 0.478. The number of nitrogens with one attached hydrogen (secondary N) is 1. The average molecular weight is 358 g/mol. The summed E-state index contributed by atoms with van der Waals surface area (Å²) in [6.07, 6.45) is 2.09. The SMILES string of the molecule is CC(C)OC(=O)c1ccc(NC(=O)COC(=O)c2cc[n+]([O-])cc2)cc1. The lowest BCUT2D eigenvalue weighted by Crippen LogP contribution is -2.25. The molecule has 0 fully saturated rings. The van der Waals surface area contributed by atoms with Crippen LogP contribution in [-0.2, 0) is 14.3 Å². The number of nitrogens with zero attached hydrogens (tertiary/aromatic N) is 1. The summed E-state index contributed by atoms with van der Waals surface area (Å²) in [6, 6.07) is 8.72. The van der Waals surface area contributed by atoms with E-state index in [1.807, 2.05) is 0 Å². The fourth-order valence-corrected chi connectivity index (χ4v) is 1.93. The molecule has 0 spiro atoms. The van der Waals surface area contributed by atoms with Crippen molar-refractivity contribution in [3.8, 4) is 0 Å². The molecule has 0 unspecified atom stereocenters. The molecule has 0 saturated carbocycles. The minimum absolute atomic E-state index is 0.165. The zero-order valence-electron chi connectivity index (χ0n) is 14.3. The van der Waals surface area contributed by atoms with Crippen LogP contribution in [0.4, 0.5) is 5.69 Å². The lowest BCUT2D eigenvalue weighted by atomic mass is 10.2. The predicted molar refractivity (Wildman–Crippen MR) is 91.3 cm³/mol. The largest absolute Gasteiger partial charge is 0.619 e. The highest BCUT2D eigenvalue weighted by Crippen LogP contribution is 2.11. The van der Waals surface area contributed by atoms with Gasteiger partial charge in [0.2, 0.25) is 0 Å². The van der Waals surface area contributed by atoms with Crippen molar-refractivity contribution in [1.29, 1.82) is 0 Å². The van der Waals surface area contributed by atoms with Gasteiger partial charge in [0.05, 0.1) is 17.2 Å². The zero-order chi connectivity index (χ0) is 19.1. The Kier molecular flexibility index (Phi) is 6.26. The van der Waals surface area contributed by atoms with Crippen LogP contribution in [0.2, 0.25) is 0 Å². The maximum atomic E-state index is 11.8. The summed E-state index contributed by atoms with van der Waals surface area (Å²) < 4.78 is 10.5. The summed E-state index contributed by atoms with van der Waals surface area (Å²) in [6.45, 7) is 3.02. The molecule has 0 aliphatic carbocycles. The van der Waals surface area contributed by atoms with Gasteiger partial charge in [-0.25, -0.2) is 9.59 Å².